The number of anilines is 1. The smallest absolute Gasteiger partial charge is 0.335 e. The molecule has 0 saturated carbocycles. The van der Waals surface area contributed by atoms with E-state index in [0.29, 0.717) is 42.6 Å². The minimum atomic E-state index is -0.981. The normalized spacial score (nSPS) is 10.7. The van der Waals surface area contributed by atoms with Crippen molar-refractivity contribution in [2.45, 2.75) is 26.4 Å². The molecule has 0 aliphatic rings. The van der Waals surface area contributed by atoms with E-state index >= 15 is 0 Å². The molecule has 0 radical (unpaired) electrons. The third-order valence-corrected chi connectivity index (χ3v) is 5.36. The van der Waals surface area contributed by atoms with Crippen LogP contribution in [0.2, 0.25) is 10.0 Å². The Hall–Kier alpha value is -2.96. The molecule has 0 amide bonds. The first-order chi connectivity index (χ1) is 14.9. The van der Waals surface area contributed by atoms with Gasteiger partial charge >= 0.3 is 5.97 Å². The van der Waals surface area contributed by atoms with Crippen LogP contribution in [0, 0.1) is 0 Å². The Labute approximate surface area is 190 Å². The summed E-state index contributed by atoms with van der Waals surface area (Å²) in [7, 11) is 0. The number of hydrogen-bond donors (Lipinski definition) is 2. The van der Waals surface area contributed by atoms with Crippen LogP contribution in [-0.2, 0) is 19.5 Å². The van der Waals surface area contributed by atoms with E-state index in [0.717, 1.165) is 11.3 Å². The summed E-state index contributed by atoms with van der Waals surface area (Å²) in [5, 5.41) is 12.7. The van der Waals surface area contributed by atoms with Gasteiger partial charge in [-0.15, -0.1) is 0 Å². The highest BCUT2D eigenvalue weighted by molar-refractivity contribution is 6.34. The molecule has 1 heterocycles. The van der Waals surface area contributed by atoms with Gasteiger partial charge in [0.25, 0.3) is 5.56 Å². The molecule has 8 heteroatoms. The van der Waals surface area contributed by atoms with Gasteiger partial charge in [0.05, 0.1) is 35.1 Å². The van der Waals surface area contributed by atoms with Crippen LogP contribution in [0.5, 0.6) is 5.75 Å². The lowest BCUT2D eigenvalue weighted by Gasteiger charge is -2.18. The largest absolute Gasteiger partial charge is 0.492 e. The number of halogens is 2. The number of nitrogens with one attached hydrogen (secondary N) is 1. The molecule has 6 nitrogen and oxygen atoms in total. The van der Waals surface area contributed by atoms with Crippen LogP contribution >= 0.6 is 23.2 Å². The maximum atomic E-state index is 12.7. The van der Waals surface area contributed by atoms with Crippen LogP contribution in [0.3, 0.4) is 0 Å². The summed E-state index contributed by atoms with van der Waals surface area (Å²) in [6, 6.07) is 15.5. The van der Waals surface area contributed by atoms with Crippen LogP contribution in [-0.4, -0.2) is 22.2 Å². The number of aromatic carboxylic acids is 1. The van der Waals surface area contributed by atoms with Crippen molar-refractivity contribution < 1.29 is 14.6 Å². The summed E-state index contributed by atoms with van der Waals surface area (Å²) in [6.45, 7) is 3.09. The second-order valence-corrected chi connectivity index (χ2v) is 7.59. The first-order valence-electron chi connectivity index (χ1n) is 9.76. The van der Waals surface area contributed by atoms with Crippen LogP contribution < -0.4 is 15.6 Å². The minimum absolute atomic E-state index is 0.0460. The molecule has 3 rings (SSSR count). The zero-order chi connectivity index (χ0) is 22.4. The number of hydrogen-bond acceptors (Lipinski definition) is 4. The van der Waals surface area contributed by atoms with Crippen molar-refractivity contribution in [3.63, 3.8) is 0 Å². The quantitative estimate of drug-likeness (QED) is 0.463. The predicted octanol–water partition coefficient (Wildman–Crippen LogP) is 5.11. The Morgan fingerprint density at radius 1 is 1.10 bits per heavy atom. The summed E-state index contributed by atoms with van der Waals surface area (Å²) in [6.07, 6.45) is 0.513. The maximum absolute atomic E-state index is 12.7. The topological polar surface area (TPSA) is 80.6 Å². The number of carbonyl (C=O) groups is 1. The number of aromatic nitrogens is 1. The number of ether oxygens (including phenoxy) is 1. The number of rotatable bonds is 9. The lowest BCUT2D eigenvalue weighted by molar-refractivity contribution is 0.0697. The molecular weight excluding hydrogens is 439 g/mol. The molecule has 1 aromatic heterocycles. The van der Waals surface area contributed by atoms with Crippen LogP contribution in [0.1, 0.15) is 28.5 Å². The SMILES string of the molecule is CCOc1ccccc1NCc1c(Cl)cc(Cl)c(=O)n1CCc1ccc(C(=O)O)cc1. The molecular formula is C23H22Cl2N2O4. The van der Waals surface area contributed by atoms with Gasteiger partial charge in [0.15, 0.2) is 0 Å². The average Bonchev–Trinajstić information content (AvgIpc) is 2.76. The van der Waals surface area contributed by atoms with Crippen molar-refractivity contribution in [1.29, 1.82) is 0 Å². The molecule has 31 heavy (non-hydrogen) atoms. The van der Waals surface area contributed by atoms with E-state index in [9.17, 15) is 9.59 Å². The summed E-state index contributed by atoms with van der Waals surface area (Å²) >= 11 is 12.5. The van der Waals surface area contributed by atoms with Gasteiger partial charge in [0.2, 0.25) is 0 Å². The van der Waals surface area contributed by atoms with E-state index in [1.54, 1.807) is 28.8 Å². The number of aryl methyl sites for hydroxylation is 1. The Morgan fingerprint density at radius 3 is 2.48 bits per heavy atom. The molecule has 3 aromatic rings. The molecule has 0 fully saturated rings. The van der Waals surface area contributed by atoms with E-state index in [1.807, 2.05) is 31.2 Å². The third kappa shape index (κ3) is 5.60. The minimum Gasteiger partial charge on any atom is -0.492 e. The van der Waals surface area contributed by atoms with Gasteiger partial charge in [0, 0.05) is 6.54 Å². The summed E-state index contributed by atoms with van der Waals surface area (Å²) < 4.78 is 7.18. The van der Waals surface area contributed by atoms with Gasteiger partial charge in [-0.2, -0.15) is 0 Å². The molecule has 0 atom stereocenters. The van der Waals surface area contributed by atoms with E-state index in [1.165, 1.54) is 6.07 Å². The second kappa shape index (κ2) is 10.4. The second-order valence-electron chi connectivity index (χ2n) is 6.78. The molecule has 2 aromatic carbocycles. The van der Waals surface area contributed by atoms with Gasteiger partial charge in [-0.05, 0) is 49.2 Å². The molecule has 2 N–H and O–H groups in total. The number of carboxylic acids is 1. The van der Waals surface area contributed by atoms with Crippen LogP contribution in [0.15, 0.2) is 59.4 Å². The number of para-hydroxylation sites is 2. The zero-order valence-corrected chi connectivity index (χ0v) is 18.4. The maximum Gasteiger partial charge on any atom is 0.335 e. The number of pyridine rings is 1. The van der Waals surface area contributed by atoms with Gasteiger partial charge in [-0.3, -0.25) is 4.79 Å². The van der Waals surface area contributed by atoms with Gasteiger partial charge in [-0.25, -0.2) is 4.79 Å². The van der Waals surface area contributed by atoms with Crippen molar-refractivity contribution in [3.8, 4) is 5.75 Å². The van der Waals surface area contributed by atoms with Crippen molar-refractivity contribution >= 4 is 34.9 Å². The molecule has 162 valence electrons. The van der Waals surface area contributed by atoms with E-state index in [2.05, 4.69) is 5.32 Å². The summed E-state index contributed by atoms with van der Waals surface area (Å²) in [5.74, 6) is -0.271. The number of benzene rings is 2. The summed E-state index contributed by atoms with van der Waals surface area (Å²) in [5.41, 5.74) is 2.17. The highest BCUT2D eigenvalue weighted by Gasteiger charge is 2.14. The lowest BCUT2D eigenvalue weighted by atomic mass is 10.1. The highest BCUT2D eigenvalue weighted by atomic mass is 35.5. The van der Waals surface area contributed by atoms with Gasteiger partial charge in [0.1, 0.15) is 10.8 Å². The van der Waals surface area contributed by atoms with E-state index < -0.39 is 5.97 Å². The molecule has 0 aliphatic heterocycles. The standard InChI is InChI=1S/C23H22Cl2N2O4/c1-2-31-21-6-4-3-5-19(21)26-14-20-17(24)13-18(25)22(28)27(20)12-11-15-7-9-16(10-8-15)23(29)30/h3-10,13,26H,2,11-12,14H2,1H3,(H,29,30). The molecule has 0 aliphatic carbocycles. The van der Waals surface area contributed by atoms with Crippen molar-refractivity contribution in [3.05, 3.63) is 91.8 Å². The number of carboxylic acid groups (broad SMARTS) is 1. The summed E-state index contributed by atoms with van der Waals surface area (Å²) in [4.78, 5) is 23.7. The zero-order valence-electron chi connectivity index (χ0n) is 16.9. The highest BCUT2D eigenvalue weighted by Crippen LogP contribution is 2.26. The average molecular weight is 461 g/mol. The molecule has 0 spiro atoms. The Bertz CT molecular complexity index is 1130. The van der Waals surface area contributed by atoms with E-state index in [4.69, 9.17) is 33.0 Å². The van der Waals surface area contributed by atoms with Crippen molar-refractivity contribution in [1.82, 2.24) is 4.57 Å². The lowest BCUT2D eigenvalue weighted by Crippen LogP contribution is -2.26. The number of nitrogens with zero attached hydrogens (tertiary/aromatic N) is 1. The fourth-order valence-corrected chi connectivity index (χ4v) is 3.73. The van der Waals surface area contributed by atoms with Crippen LogP contribution in [0.25, 0.3) is 0 Å². The third-order valence-electron chi connectivity index (χ3n) is 4.76. The molecule has 0 bridgehead atoms. The molecule has 0 unspecified atom stereocenters. The Kier molecular flexibility index (Phi) is 7.60. The van der Waals surface area contributed by atoms with Crippen LogP contribution in [0.4, 0.5) is 5.69 Å². The van der Waals surface area contributed by atoms with Gasteiger partial charge in [-0.1, -0.05) is 47.5 Å². The first kappa shape index (κ1) is 22.7. The van der Waals surface area contributed by atoms with Crippen molar-refractivity contribution in [2.75, 3.05) is 11.9 Å². The van der Waals surface area contributed by atoms with E-state index in [-0.39, 0.29) is 16.1 Å². The molecule has 0 saturated heterocycles. The van der Waals surface area contributed by atoms with Crippen molar-refractivity contribution in [2.24, 2.45) is 0 Å². The fraction of sp³-hybridized carbons (Fsp3) is 0.217. The predicted molar refractivity (Wildman–Crippen MR) is 123 cm³/mol. The van der Waals surface area contributed by atoms with Gasteiger partial charge < -0.3 is 19.7 Å². The first-order valence-corrected chi connectivity index (χ1v) is 10.5. The fourth-order valence-electron chi connectivity index (χ4n) is 3.18. The monoisotopic (exact) mass is 460 g/mol. The Morgan fingerprint density at radius 2 is 1.81 bits per heavy atom. The Balaban J connectivity index is 1.83.